The predicted molar refractivity (Wildman–Crippen MR) is 105 cm³/mol. The Bertz CT molecular complexity index is 1080. The third-order valence-corrected chi connectivity index (χ3v) is 8.38. The van der Waals surface area contributed by atoms with Crippen LogP contribution in [0.4, 0.5) is 13.2 Å². The fourth-order valence-electron chi connectivity index (χ4n) is 2.63. The highest BCUT2D eigenvalue weighted by Gasteiger charge is 2.33. The lowest BCUT2D eigenvalue weighted by atomic mass is 10.1. The van der Waals surface area contributed by atoms with E-state index < -0.39 is 26.8 Å². The molecule has 2 heterocycles. The van der Waals surface area contributed by atoms with Crippen LogP contribution < -0.4 is 0 Å². The number of rotatable bonds is 4. The SMILES string of the molecule is CN=S(=O)(c1nc(-c2ccc(C)cc2)cs1)C(C)c1ccc(C(F)(F)F)nc1. The molecule has 0 spiro atoms. The van der Waals surface area contributed by atoms with Gasteiger partial charge < -0.3 is 0 Å². The molecule has 148 valence electrons. The Labute approximate surface area is 165 Å². The Morgan fingerprint density at radius 3 is 2.36 bits per heavy atom. The summed E-state index contributed by atoms with van der Waals surface area (Å²) in [5, 5.41) is 1.15. The van der Waals surface area contributed by atoms with E-state index in [9.17, 15) is 17.4 Å². The Morgan fingerprint density at radius 2 is 1.82 bits per heavy atom. The molecule has 0 saturated carbocycles. The van der Waals surface area contributed by atoms with Crippen LogP contribution in [0.5, 0.6) is 0 Å². The fraction of sp³-hybridized carbons (Fsp3) is 0.263. The van der Waals surface area contributed by atoms with E-state index in [0.29, 0.717) is 15.6 Å². The lowest BCUT2D eigenvalue weighted by molar-refractivity contribution is -0.141. The van der Waals surface area contributed by atoms with Crippen LogP contribution in [0.15, 0.2) is 56.7 Å². The Hall–Kier alpha value is -2.26. The van der Waals surface area contributed by atoms with Crippen molar-refractivity contribution in [2.45, 2.75) is 29.6 Å². The highest BCUT2D eigenvalue weighted by atomic mass is 32.2. The Kier molecular flexibility index (Phi) is 5.58. The summed E-state index contributed by atoms with van der Waals surface area (Å²) in [4.78, 5) is 7.97. The first-order valence-corrected chi connectivity index (χ1v) is 10.8. The number of pyridine rings is 1. The van der Waals surface area contributed by atoms with Crippen molar-refractivity contribution in [3.05, 3.63) is 64.8 Å². The second kappa shape index (κ2) is 7.63. The average molecular weight is 426 g/mol. The van der Waals surface area contributed by atoms with E-state index in [-0.39, 0.29) is 0 Å². The molecule has 3 aromatic rings. The molecule has 0 aliphatic rings. The van der Waals surface area contributed by atoms with E-state index in [1.165, 1.54) is 24.5 Å². The predicted octanol–water partition coefficient (Wildman–Crippen LogP) is 5.75. The van der Waals surface area contributed by atoms with Crippen LogP contribution in [0.2, 0.25) is 0 Å². The molecule has 0 radical (unpaired) electrons. The van der Waals surface area contributed by atoms with Crippen molar-refractivity contribution in [3.63, 3.8) is 0 Å². The van der Waals surface area contributed by atoms with Gasteiger partial charge in [-0.1, -0.05) is 35.9 Å². The van der Waals surface area contributed by atoms with E-state index in [1.54, 1.807) is 6.92 Å². The first-order valence-electron chi connectivity index (χ1n) is 8.35. The number of halogens is 3. The smallest absolute Gasteiger partial charge is 0.251 e. The molecule has 4 nitrogen and oxygen atoms in total. The second-order valence-corrected chi connectivity index (χ2v) is 9.95. The topological polar surface area (TPSA) is 55.2 Å². The molecular formula is C19H18F3N3OS2. The number of thiazole rings is 1. The standard InChI is InChI=1S/C19H18F3N3OS2/c1-12-4-6-14(7-5-12)16-11-27-18(25-16)28(26,23-3)13(2)15-8-9-17(24-10-15)19(20,21)22/h4-11,13H,1-3H3. The average Bonchev–Trinajstić information content (AvgIpc) is 3.17. The number of aromatic nitrogens is 2. The van der Waals surface area contributed by atoms with Crippen LogP contribution in [-0.4, -0.2) is 21.2 Å². The molecule has 28 heavy (non-hydrogen) atoms. The number of alkyl halides is 3. The van der Waals surface area contributed by atoms with Gasteiger partial charge in [0.05, 0.1) is 10.9 Å². The third-order valence-electron chi connectivity index (χ3n) is 4.38. The number of nitrogens with zero attached hydrogens (tertiary/aromatic N) is 3. The van der Waals surface area contributed by atoms with Gasteiger partial charge in [0, 0.05) is 24.2 Å². The highest BCUT2D eigenvalue weighted by Crippen LogP contribution is 2.35. The van der Waals surface area contributed by atoms with Crippen molar-refractivity contribution in [1.29, 1.82) is 0 Å². The van der Waals surface area contributed by atoms with Gasteiger partial charge >= 0.3 is 6.18 Å². The van der Waals surface area contributed by atoms with Crippen LogP contribution in [0, 0.1) is 6.92 Å². The van der Waals surface area contributed by atoms with Gasteiger partial charge in [0.1, 0.15) is 15.4 Å². The summed E-state index contributed by atoms with van der Waals surface area (Å²) in [6, 6.07) is 9.98. The first-order chi connectivity index (χ1) is 13.1. The number of hydrogen-bond acceptors (Lipinski definition) is 5. The van der Waals surface area contributed by atoms with Crippen LogP contribution in [0.1, 0.15) is 29.0 Å². The maximum Gasteiger partial charge on any atom is 0.433 e. The van der Waals surface area contributed by atoms with Crippen molar-refractivity contribution in [1.82, 2.24) is 9.97 Å². The highest BCUT2D eigenvalue weighted by molar-refractivity contribution is 7.95. The molecule has 2 aromatic heterocycles. The lowest BCUT2D eigenvalue weighted by Gasteiger charge is -2.16. The molecule has 0 amide bonds. The minimum absolute atomic E-state index is 0.345. The zero-order valence-corrected chi connectivity index (χ0v) is 17.0. The first kappa shape index (κ1) is 20.5. The van der Waals surface area contributed by atoms with Crippen LogP contribution in [-0.2, 0) is 15.9 Å². The lowest BCUT2D eigenvalue weighted by Crippen LogP contribution is -2.13. The molecule has 0 aliphatic carbocycles. The second-order valence-electron chi connectivity index (χ2n) is 6.23. The Balaban J connectivity index is 1.95. The van der Waals surface area contributed by atoms with E-state index >= 15 is 0 Å². The summed E-state index contributed by atoms with van der Waals surface area (Å²) in [6.07, 6.45) is -3.41. The molecule has 0 aliphatic heterocycles. The van der Waals surface area contributed by atoms with Crippen molar-refractivity contribution < 1.29 is 17.4 Å². The molecule has 2 atom stereocenters. The van der Waals surface area contributed by atoms with Gasteiger partial charge in [-0.05, 0) is 25.5 Å². The van der Waals surface area contributed by atoms with E-state index in [4.69, 9.17) is 0 Å². The summed E-state index contributed by atoms with van der Waals surface area (Å²) in [5.74, 6) is 0. The van der Waals surface area contributed by atoms with Gasteiger partial charge in [-0.2, -0.15) is 13.2 Å². The Morgan fingerprint density at radius 1 is 1.14 bits per heavy atom. The normalized spacial score (nSPS) is 15.1. The molecule has 0 bridgehead atoms. The summed E-state index contributed by atoms with van der Waals surface area (Å²) >= 11 is 1.23. The van der Waals surface area contributed by atoms with Crippen LogP contribution >= 0.6 is 11.3 Å². The van der Waals surface area contributed by atoms with Crippen LogP contribution in [0.3, 0.4) is 0 Å². The van der Waals surface area contributed by atoms with Gasteiger partial charge in [0.15, 0.2) is 4.34 Å². The molecule has 0 fully saturated rings. The minimum Gasteiger partial charge on any atom is -0.251 e. The van der Waals surface area contributed by atoms with E-state index in [1.807, 2.05) is 36.6 Å². The van der Waals surface area contributed by atoms with Gasteiger partial charge in [-0.3, -0.25) is 4.98 Å². The van der Waals surface area contributed by atoms with Crippen molar-refractivity contribution in [2.75, 3.05) is 7.05 Å². The molecule has 0 saturated heterocycles. The fourth-order valence-corrected chi connectivity index (χ4v) is 6.05. The summed E-state index contributed by atoms with van der Waals surface area (Å²) in [7, 11) is -1.54. The number of aryl methyl sites for hydroxylation is 1. The van der Waals surface area contributed by atoms with E-state index in [0.717, 1.165) is 23.4 Å². The number of benzene rings is 1. The monoisotopic (exact) mass is 425 g/mol. The quantitative estimate of drug-likeness (QED) is 0.535. The molecule has 9 heteroatoms. The molecule has 1 aromatic carbocycles. The summed E-state index contributed by atoms with van der Waals surface area (Å²) in [5.41, 5.74) is 2.13. The maximum absolute atomic E-state index is 13.6. The molecule has 2 unspecified atom stereocenters. The van der Waals surface area contributed by atoms with E-state index in [2.05, 4.69) is 14.3 Å². The molecule has 0 N–H and O–H groups in total. The van der Waals surface area contributed by atoms with Crippen LogP contribution in [0.25, 0.3) is 11.3 Å². The van der Waals surface area contributed by atoms with Gasteiger partial charge in [0.2, 0.25) is 0 Å². The molecular weight excluding hydrogens is 407 g/mol. The third kappa shape index (κ3) is 3.95. The zero-order valence-electron chi connectivity index (χ0n) is 15.4. The zero-order chi connectivity index (χ0) is 20.5. The summed E-state index contributed by atoms with van der Waals surface area (Å²) in [6.45, 7) is 3.64. The molecule has 3 rings (SSSR count). The van der Waals surface area contributed by atoms with Gasteiger partial charge in [-0.15, -0.1) is 11.3 Å². The van der Waals surface area contributed by atoms with Crippen molar-refractivity contribution in [3.8, 4) is 11.3 Å². The summed E-state index contributed by atoms with van der Waals surface area (Å²) < 4.78 is 56.2. The van der Waals surface area contributed by atoms with Gasteiger partial charge in [-0.25, -0.2) is 13.6 Å². The van der Waals surface area contributed by atoms with Crippen molar-refractivity contribution in [2.24, 2.45) is 4.36 Å². The largest absolute Gasteiger partial charge is 0.433 e. The van der Waals surface area contributed by atoms with Crippen molar-refractivity contribution >= 4 is 21.1 Å². The minimum atomic E-state index is -4.52. The maximum atomic E-state index is 13.6. The van der Waals surface area contributed by atoms with Gasteiger partial charge in [0.25, 0.3) is 0 Å². The number of hydrogen-bond donors (Lipinski definition) is 0.